The van der Waals surface area contributed by atoms with Gasteiger partial charge in [-0.3, -0.25) is 13.8 Å². The maximum Gasteiger partial charge on any atom is 0.472 e. The van der Waals surface area contributed by atoms with E-state index in [0.29, 0.717) is 12.8 Å². The molecule has 1 rings (SSSR count). The zero-order valence-electron chi connectivity index (χ0n) is 42.3. The van der Waals surface area contributed by atoms with Gasteiger partial charge in [0, 0.05) is 0 Å². The lowest BCUT2D eigenvalue weighted by Gasteiger charge is -2.41. The summed E-state index contributed by atoms with van der Waals surface area (Å²) in [6, 6.07) is -1.15. The Labute approximate surface area is 407 Å². The van der Waals surface area contributed by atoms with Gasteiger partial charge in [0.2, 0.25) is 5.91 Å². The van der Waals surface area contributed by atoms with Crippen molar-refractivity contribution in [2.24, 2.45) is 0 Å². The quantitative estimate of drug-likeness (QED) is 0.0158. The van der Waals surface area contributed by atoms with Crippen molar-refractivity contribution in [1.82, 2.24) is 5.32 Å². The number of hydrogen-bond donors (Lipinski definition) is 9. The van der Waals surface area contributed by atoms with Crippen molar-refractivity contribution >= 4 is 13.7 Å². The molecule has 8 unspecified atom stereocenters. The standard InChI is InChI=1S/C53H102NO12P/c1-3-5-7-9-11-13-15-17-19-21-23-24-26-28-30-32-34-36-38-40-44(55)42-47(57)54-45(43-65-67(63,64)66-53-51(61)49(59)48(58)50(60)52(53)62)46(56)41-39-37-35-33-31-29-27-25-22-20-18-16-14-12-10-8-6-4-2/h5,7,11,13,44-46,48-53,55-56,58-62H,3-4,6,8-10,12,14-43H2,1-2H3,(H,54,57)(H,63,64)/b7-5-,13-11-. The normalized spacial score (nSPS) is 22.4. The van der Waals surface area contributed by atoms with Crippen molar-refractivity contribution in [3.8, 4) is 0 Å². The van der Waals surface area contributed by atoms with Crippen molar-refractivity contribution < 1.29 is 59.0 Å². The van der Waals surface area contributed by atoms with Crippen LogP contribution in [0.5, 0.6) is 0 Å². The fourth-order valence-corrected chi connectivity index (χ4v) is 9.90. The van der Waals surface area contributed by atoms with E-state index in [-0.39, 0.29) is 12.8 Å². The Morgan fingerprint density at radius 3 is 1.37 bits per heavy atom. The molecule has 1 aliphatic carbocycles. The SMILES string of the molecule is CC/C=C\C/C=C\CCCCCCCCCCCCCCC(O)CC(=O)NC(COP(=O)(O)OC1C(O)C(O)C(O)C(O)C1O)C(O)CCCCCCCCCCCCCCCCCCCC. The van der Waals surface area contributed by atoms with Gasteiger partial charge in [-0.15, -0.1) is 0 Å². The average molecular weight is 976 g/mol. The molecule has 396 valence electrons. The Morgan fingerprint density at radius 1 is 0.537 bits per heavy atom. The summed E-state index contributed by atoms with van der Waals surface area (Å²) in [4.78, 5) is 23.6. The first-order valence-electron chi connectivity index (χ1n) is 27.4. The molecule has 0 aliphatic heterocycles. The smallest absolute Gasteiger partial charge is 0.393 e. The largest absolute Gasteiger partial charge is 0.472 e. The molecule has 0 bridgehead atoms. The molecule has 67 heavy (non-hydrogen) atoms. The molecule has 0 aromatic carbocycles. The lowest BCUT2D eigenvalue weighted by atomic mass is 9.85. The van der Waals surface area contributed by atoms with Gasteiger partial charge in [-0.25, -0.2) is 4.57 Å². The number of unbranched alkanes of at least 4 members (excludes halogenated alkanes) is 29. The molecule has 0 spiro atoms. The second-order valence-electron chi connectivity index (χ2n) is 19.6. The summed E-state index contributed by atoms with van der Waals surface area (Å²) in [5.74, 6) is -0.558. The molecule has 0 aromatic rings. The molecule has 1 saturated carbocycles. The van der Waals surface area contributed by atoms with Gasteiger partial charge >= 0.3 is 7.82 Å². The topological polar surface area (TPSA) is 226 Å². The molecular formula is C53H102NO12P. The van der Waals surface area contributed by atoms with Crippen molar-refractivity contribution in [2.45, 2.75) is 300 Å². The first-order valence-corrected chi connectivity index (χ1v) is 28.9. The Morgan fingerprint density at radius 2 is 0.925 bits per heavy atom. The minimum Gasteiger partial charge on any atom is -0.393 e. The van der Waals surface area contributed by atoms with Gasteiger partial charge in [0.25, 0.3) is 0 Å². The van der Waals surface area contributed by atoms with Crippen LogP contribution in [0.25, 0.3) is 0 Å². The number of hydrogen-bond acceptors (Lipinski definition) is 11. The fraction of sp³-hybridized carbons (Fsp3) is 0.906. The molecule has 1 aliphatic rings. The maximum absolute atomic E-state index is 13.1. The number of phosphoric ester groups is 1. The third-order valence-corrected chi connectivity index (χ3v) is 14.3. The van der Waals surface area contributed by atoms with Gasteiger partial charge in [-0.1, -0.05) is 224 Å². The summed E-state index contributed by atoms with van der Waals surface area (Å²) in [7, 11) is -5.12. The third kappa shape index (κ3) is 33.9. The molecule has 1 amide bonds. The van der Waals surface area contributed by atoms with Gasteiger partial charge in [-0.05, 0) is 38.5 Å². The number of allylic oxidation sites excluding steroid dienone is 4. The Kier molecular flexibility index (Phi) is 40.4. The van der Waals surface area contributed by atoms with E-state index in [1.165, 1.54) is 141 Å². The van der Waals surface area contributed by atoms with E-state index < -0.39 is 75.2 Å². The van der Waals surface area contributed by atoms with Crippen LogP contribution in [0.4, 0.5) is 0 Å². The number of carbonyl (C=O) groups excluding carboxylic acids is 1. The molecule has 0 heterocycles. The zero-order valence-corrected chi connectivity index (χ0v) is 43.2. The molecule has 9 N–H and O–H groups in total. The highest BCUT2D eigenvalue weighted by molar-refractivity contribution is 7.47. The number of nitrogens with one attached hydrogen (secondary N) is 1. The van der Waals surface area contributed by atoms with Crippen molar-refractivity contribution in [3.63, 3.8) is 0 Å². The van der Waals surface area contributed by atoms with E-state index in [2.05, 4.69) is 43.5 Å². The van der Waals surface area contributed by atoms with Crippen LogP contribution in [-0.4, -0.2) is 108 Å². The highest BCUT2D eigenvalue weighted by Crippen LogP contribution is 2.47. The minimum absolute atomic E-state index is 0.221. The first kappa shape index (κ1) is 63.8. The minimum atomic E-state index is -5.12. The van der Waals surface area contributed by atoms with Crippen LogP contribution >= 0.6 is 7.82 Å². The zero-order chi connectivity index (χ0) is 49.4. The molecule has 0 saturated heterocycles. The van der Waals surface area contributed by atoms with Gasteiger partial charge in [0.05, 0.1) is 31.3 Å². The van der Waals surface area contributed by atoms with Crippen LogP contribution in [0.2, 0.25) is 0 Å². The summed E-state index contributed by atoms with van der Waals surface area (Å²) in [5, 5.41) is 75.0. The fourth-order valence-electron chi connectivity index (χ4n) is 8.93. The van der Waals surface area contributed by atoms with Gasteiger partial charge < -0.3 is 46.0 Å². The van der Waals surface area contributed by atoms with Gasteiger partial charge in [-0.2, -0.15) is 0 Å². The summed E-state index contributed by atoms with van der Waals surface area (Å²) in [6.07, 6.45) is 35.0. The number of phosphoric acid groups is 1. The number of carbonyl (C=O) groups is 1. The van der Waals surface area contributed by atoms with E-state index in [1.807, 2.05) is 0 Å². The lowest BCUT2D eigenvalue weighted by Crippen LogP contribution is -2.64. The number of aliphatic hydroxyl groups is 7. The van der Waals surface area contributed by atoms with Crippen LogP contribution in [0, 0.1) is 0 Å². The maximum atomic E-state index is 13.1. The summed E-state index contributed by atoms with van der Waals surface area (Å²) < 4.78 is 23.0. The molecule has 14 heteroatoms. The average Bonchev–Trinajstić information content (AvgIpc) is 3.30. The van der Waals surface area contributed by atoms with Crippen LogP contribution in [0.15, 0.2) is 24.3 Å². The molecule has 8 atom stereocenters. The second-order valence-corrected chi connectivity index (χ2v) is 21.0. The predicted molar refractivity (Wildman–Crippen MR) is 270 cm³/mol. The third-order valence-electron chi connectivity index (χ3n) is 13.3. The van der Waals surface area contributed by atoms with E-state index in [9.17, 15) is 50.0 Å². The highest BCUT2D eigenvalue weighted by atomic mass is 31.2. The van der Waals surface area contributed by atoms with Gasteiger partial charge in [0.1, 0.15) is 36.6 Å². The summed E-state index contributed by atoms with van der Waals surface area (Å²) in [6.45, 7) is 3.73. The monoisotopic (exact) mass is 976 g/mol. The van der Waals surface area contributed by atoms with Crippen LogP contribution in [0.3, 0.4) is 0 Å². The van der Waals surface area contributed by atoms with Crippen molar-refractivity contribution in [2.75, 3.05) is 6.61 Å². The van der Waals surface area contributed by atoms with Crippen molar-refractivity contribution in [3.05, 3.63) is 24.3 Å². The predicted octanol–water partition coefficient (Wildman–Crippen LogP) is 10.7. The van der Waals surface area contributed by atoms with E-state index in [4.69, 9.17) is 9.05 Å². The molecule has 0 radical (unpaired) electrons. The number of aliphatic hydroxyl groups excluding tert-OH is 7. The summed E-state index contributed by atoms with van der Waals surface area (Å²) >= 11 is 0. The van der Waals surface area contributed by atoms with E-state index in [0.717, 1.165) is 64.2 Å². The number of amides is 1. The van der Waals surface area contributed by atoms with Gasteiger partial charge in [0.15, 0.2) is 0 Å². The second kappa shape index (κ2) is 42.5. The first-order chi connectivity index (χ1) is 32.3. The Balaban J connectivity index is 2.42. The Hall–Kier alpha value is -1.22. The van der Waals surface area contributed by atoms with E-state index in [1.54, 1.807) is 0 Å². The van der Waals surface area contributed by atoms with Crippen LogP contribution < -0.4 is 5.32 Å². The molecule has 1 fully saturated rings. The lowest BCUT2D eigenvalue weighted by molar-refractivity contribution is -0.220. The summed E-state index contributed by atoms with van der Waals surface area (Å²) in [5.41, 5.74) is 0. The Bertz CT molecular complexity index is 1240. The number of rotatable bonds is 46. The molecule has 13 nitrogen and oxygen atoms in total. The molecule has 0 aromatic heterocycles. The van der Waals surface area contributed by atoms with Crippen LogP contribution in [-0.2, 0) is 18.4 Å². The molecular weight excluding hydrogens is 874 g/mol. The van der Waals surface area contributed by atoms with E-state index >= 15 is 0 Å². The van der Waals surface area contributed by atoms with Crippen molar-refractivity contribution in [1.29, 1.82) is 0 Å². The van der Waals surface area contributed by atoms with Crippen LogP contribution in [0.1, 0.15) is 245 Å². The highest BCUT2D eigenvalue weighted by Gasteiger charge is 2.51.